The van der Waals surface area contributed by atoms with Crippen LogP contribution in [0.5, 0.6) is 0 Å². The predicted octanol–water partition coefficient (Wildman–Crippen LogP) is 2.86. The molecule has 0 aliphatic carbocycles. The van der Waals surface area contributed by atoms with Gasteiger partial charge in [-0.3, -0.25) is 5.10 Å². The summed E-state index contributed by atoms with van der Waals surface area (Å²) in [7, 11) is 0. The van der Waals surface area contributed by atoms with Gasteiger partial charge in [0.15, 0.2) is 5.82 Å². The van der Waals surface area contributed by atoms with E-state index in [0.29, 0.717) is 23.9 Å². The van der Waals surface area contributed by atoms with E-state index < -0.39 is 0 Å². The summed E-state index contributed by atoms with van der Waals surface area (Å²) in [5.41, 5.74) is 1.87. The molecule has 0 bridgehead atoms. The molecule has 0 spiro atoms. The molecule has 6 heteroatoms. The van der Waals surface area contributed by atoms with Crippen molar-refractivity contribution in [2.45, 2.75) is 13.5 Å². The van der Waals surface area contributed by atoms with E-state index in [1.54, 1.807) is 12.1 Å². The maximum atomic E-state index is 8.72. The second-order valence-electron chi connectivity index (χ2n) is 4.56. The van der Waals surface area contributed by atoms with Crippen LogP contribution >= 0.6 is 0 Å². The Morgan fingerprint density at radius 2 is 2.24 bits per heavy atom. The van der Waals surface area contributed by atoms with Crippen LogP contribution in [0.1, 0.15) is 17.3 Å². The largest absolute Gasteiger partial charge is 0.449 e. The van der Waals surface area contributed by atoms with Crippen LogP contribution in [-0.4, -0.2) is 15.2 Å². The molecule has 2 N–H and O–H groups in total. The number of aromatic amines is 1. The second-order valence-corrected chi connectivity index (χ2v) is 4.56. The van der Waals surface area contributed by atoms with E-state index in [-0.39, 0.29) is 0 Å². The van der Waals surface area contributed by atoms with Crippen LogP contribution in [0.15, 0.2) is 40.8 Å². The van der Waals surface area contributed by atoms with Gasteiger partial charge in [-0.15, -0.1) is 0 Å². The van der Waals surface area contributed by atoms with Gasteiger partial charge in [0.25, 0.3) is 0 Å². The van der Waals surface area contributed by atoms with Crippen molar-refractivity contribution in [3.63, 3.8) is 0 Å². The first kappa shape index (κ1) is 12.9. The molecular weight excluding hydrogens is 266 g/mol. The van der Waals surface area contributed by atoms with Crippen LogP contribution < -0.4 is 5.32 Å². The van der Waals surface area contributed by atoms with Gasteiger partial charge in [0.05, 0.1) is 6.54 Å². The highest BCUT2D eigenvalue weighted by Crippen LogP contribution is 2.20. The van der Waals surface area contributed by atoms with E-state index >= 15 is 0 Å². The third kappa shape index (κ3) is 2.92. The highest BCUT2D eigenvalue weighted by Gasteiger charge is 2.05. The molecule has 0 aliphatic rings. The third-order valence-corrected chi connectivity index (χ3v) is 2.96. The van der Waals surface area contributed by atoms with Crippen LogP contribution in [0.4, 0.5) is 5.69 Å². The van der Waals surface area contributed by atoms with Gasteiger partial charge in [-0.05, 0) is 31.2 Å². The SMILES string of the molecule is Cc1nc(-c2cccc(NCc3ccc(C#N)o3)c2)n[nH]1. The second kappa shape index (κ2) is 5.51. The van der Waals surface area contributed by atoms with Crippen LogP contribution in [0.25, 0.3) is 11.4 Å². The summed E-state index contributed by atoms with van der Waals surface area (Å²) in [5.74, 6) is 2.48. The van der Waals surface area contributed by atoms with Crippen LogP contribution in [0.2, 0.25) is 0 Å². The molecule has 2 aromatic heterocycles. The lowest BCUT2D eigenvalue weighted by atomic mass is 10.2. The monoisotopic (exact) mass is 279 g/mol. The zero-order chi connectivity index (χ0) is 14.7. The lowest BCUT2D eigenvalue weighted by Crippen LogP contribution is -1.98. The minimum Gasteiger partial charge on any atom is -0.449 e. The molecule has 1 aromatic carbocycles. The van der Waals surface area contributed by atoms with E-state index in [4.69, 9.17) is 9.68 Å². The van der Waals surface area contributed by atoms with Crippen molar-refractivity contribution in [1.29, 1.82) is 5.26 Å². The van der Waals surface area contributed by atoms with Crippen LogP contribution in [0, 0.1) is 18.3 Å². The van der Waals surface area contributed by atoms with Gasteiger partial charge in [0.2, 0.25) is 5.76 Å². The average Bonchev–Trinajstić information content (AvgIpc) is 3.14. The van der Waals surface area contributed by atoms with Crippen LogP contribution in [-0.2, 0) is 6.54 Å². The van der Waals surface area contributed by atoms with Crippen molar-refractivity contribution < 1.29 is 4.42 Å². The molecule has 2 heterocycles. The average molecular weight is 279 g/mol. The van der Waals surface area contributed by atoms with Gasteiger partial charge in [-0.2, -0.15) is 10.4 Å². The summed E-state index contributed by atoms with van der Waals surface area (Å²) in [4.78, 5) is 4.31. The molecule has 0 unspecified atom stereocenters. The Balaban J connectivity index is 1.73. The number of benzene rings is 1. The number of hydrogen-bond acceptors (Lipinski definition) is 5. The molecule has 0 saturated carbocycles. The first-order chi connectivity index (χ1) is 10.2. The zero-order valence-electron chi connectivity index (χ0n) is 11.4. The number of aromatic nitrogens is 3. The molecule has 0 fully saturated rings. The minimum absolute atomic E-state index is 0.316. The van der Waals surface area contributed by atoms with Crippen molar-refractivity contribution in [1.82, 2.24) is 15.2 Å². The summed E-state index contributed by atoms with van der Waals surface area (Å²) >= 11 is 0. The smallest absolute Gasteiger partial charge is 0.203 e. The Hall–Kier alpha value is -3.07. The van der Waals surface area contributed by atoms with Gasteiger partial charge in [-0.1, -0.05) is 12.1 Å². The number of nitrogens with one attached hydrogen (secondary N) is 2. The van der Waals surface area contributed by atoms with Gasteiger partial charge in [-0.25, -0.2) is 4.98 Å². The lowest BCUT2D eigenvalue weighted by molar-refractivity contribution is 0.506. The molecule has 0 radical (unpaired) electrons. The zero-order valence-corrected chi connectivity index (χ0v) is 11.4. The molecule has 21 heavy (non-hydrogen) atoms. The number of aryl methyl sites for hydroxylation is 1. The number of hydrogen-bond donors (Lipinski definition) is 2. The van der Waals surface area contributed by atoms with Crippen molar-refractivity contribution in [3.05, 3.63) is 53.7 Å². The molecular formula is C15H13N5O. The van der Waals surface area contributed by atoms with Gasteiger partial charge in [0.1, 0.15) is 17.7 Å². The standard InChI is InChI=1S/C15H13N5O/c1-10-18-15(20-19-10)11-3-2-4-12(7-11)17-9-14-6-5-13(8-16)21-14/h2-7,17H,9H2,1H3,(H,18,19,20). The summed E-state index contributed by atoms with van der Waals surface area (Å²) in [6.07, 6.45) is 0. The summed E-state index contributed by atoms with van der Waals surface area (Å²) < 4.78 is 5.32. The van der Waals surface area contributed by atoms with Crippen molar-refractivity contribution in [2.75, 3.05) is 5.32 Å². The molecule has 3 aromatic rings. The van der Waals surface area contributed by atoms with Crippen molar-refractivity contribution in [2.24, 2.45) is 0 Å². The lowest BCUT2D eigenvalue weighted by Gasteiger charge is -2.05. The fourth-order valence-electron chi connectivity index (χ4n) is 1.96. The third-order valence-electron chi connectivity index (χ3n) is 2.96. The highest BCUT2D eigenvalue weighted by molar-refractivity contribution is 5.62. The number of furan rings is 1. The Morgan fingerprint density at radius 3 is 2.95 bits per heavy atom. The topological polar surface area (TPSA) is 90.5 Å². The number of nitriles is 1. The first-order valence-corrected chi connectivity index (χ1v) is 6.47. The normalized spacial score (nSPS) is 10.3. The molecule has 0 atom stereocenters. The summed E-state index contributed by atoms with van der Waals surface area (Å²) in [6, 6.07) is 13.2. The molecule has 0 amide bonds. The maximum absolute atomic E-state index is 8.72. The number of nitrogens with zero attached hydrogens (tertiary/aromatic N) is 3. The summed E-state index contributed by atoms with van der Waals surface area (Å²) in [6.45, 7) is 2.38. The fourth-order valence-corrected chi connectivity index (χ4v) is 1.96. The Bertz CT molecular complexity index is 796. The first-order valence-electron chi connectivity index (χ1n) is 6.47. The van der Waals surface area contributed by atoms with E-state index in [2.05, 4.69) is 20.5 Å². The van der Waals surface area contributed by atoms with E-state index in [1.165, 1.54) is 0 Å². The van der Waals surface area contributed by atoms with Crippen molar-refractivity contribution >= 4 is 5.69 Å². The molecule has 6 nitrogen and oxygen atoms in total. The Labute approximate surface area is 121 Å². The Morgan fingerprint density at radius 1 is 1.33 bits per heavy atom. The summed E-state index contributed by atoms with van der Waals surface area (Å²) in [5, 5.41) is 18.9. The predicted molar refractivity (Wildman–Crippen MR) is 77.3 cm³/mol. The molecule has 3 rings (SSSR count). The molecule has 104 valence electrons. The Kier molecular flexibility index (Phi) is 3.39. The van der Waals surface area contributed by atoms with Gasteiger partial charge >= 0.3 is 0 Å². The van der Waals surface area contributed by atoms with Gasteiger partial charge in [0, 0.05) is 11.3 Å². The molecule has 0 saturated heterocycles. The molecule has 0 aliphatic heterocycles. The van der Waals surface area contributed by atoms with Crippen LogP contribution in [0.3, 0.4) is 0 Å². The van der Waals surface area contributed by atoms with Crippen molar-refractivity contribution in [3.8, 4) is 17.5 Å². The van der Waals surface area contributed by atoms with Gasteiger partial charge < -0.3 is 9.73 Å². The number of H-pyrrole nitrogens is 1. The quantitative estimate of drug-likeness (QED) is 0.766. The van der Waals surface area contributed by atoms with E-state index in [1.807, 2.05) is 37.3 Å². The maximum Gasteiger partial charge on any atom is 0.203 e. The number of rotatable bonds is 4. The fraction of sp³-hybridized carbons (Fsp3) is 0.133. The van der Waals surface area contributed by atoms with E-state index in [0.717, 1.165) is 17.1 Å². The van der Waals surface area contributed by atoms with E-state index in [9.17, 15) is 0 Å². The minimum atomic E-state index is 0.316. The highest BCUT2D eigenvalue weighted by atomic mass is 16.3. The number of anilines is 1.